The summed E-state index contributed by atoms with van der Waals surface area (Å²) in [5, 5.41) is 6.57. The Morgan fingerprint density at radius 3 is 2.60 bits per heavy atom. The smallest absolute Gasteiger partial charge is 0.222 e. The Kier molecular flexibility index (Phi) is 9.20. The summed E-state index contributed by atoms with van der Waals surface area (Å²) in [5.74, 6) is 0.910. The summed E-state index contributed by atoms with van der Waals surface area (Å²) < 4.78 is 24.6. The molecule has 1 atom stereocenters. The molecule has 0 aromatic heterocycles. The lowest BCUT2D eigenvalue weighted by Gasteiger charge is -2.19. The van der Waals surface area contributed by atoms with E-state index in [-0.39, 0.29) is 11.9 Å². The van der Waals surface area contributed by atoms with E-state index in [1.54, 1.807) is 0 Å². The Labute approximate surface area is 152 Å². The van der Waals surface area contributed by atoms with Crippen LogP contribution in [0.1, 0.15) is 40.0 Å². The van der Waals surface area contributed by atoms with Crippen LogP contribution in [0.25, 0.3) is 0 Å². The summed E-state index contributed by atoms with van der Waals surface area (Å²) in [4.78, 5) is 18.2. The van der Waals surface area contributed by atoms with Crippen LogP contribution in [0.2, 0.25) is 0 Å². The molecule has 1 heterocycles. The van der Waals surface area contributed by atoms with Crippen molar-refractivity contribution in [2.45, 2.75) is 46.1 Å². The van der Waals surface area contributed by atoms with Gasteiger partial charge in [0.15, 0.2) is 5.96 Å². The molecule has 1 rings (SSSR count). The molecular formula is C16H33N5O3S. The minimum absolute atomic E-state index is 0.187. The van der Waals surface area contributed by atoms with Crippen LogP contribution >= 0.6 is 0 Å². The third-order valence-electron chi connectivity index (χ3n) is 4.19. The molecule has 0 radical (unpaired) electrons. The van der Waals surface area contributed by atoms with E-state index < -0.39 is 10.0 Å². The van der Waals surface area contributed by atoms with E-state index in [2.05, 4.69) is 15.6 Å². The van der Waals surface area contributed by atoms with E-state index in [0.29, 0.717) is 39.0 Å². The van der Waals surface area contributed by atoms with Crippen molar-refractivity contribution in [3.63, 3.8) is 0 Å². The number of sulfonamides is 1. The number of rotatable bonds is 9. The average molecular weight is 376 g/mol. The average Bonchev–Trinajstić information content (AvgIpc) is 3.01. The predicted molar refractivity (Wildman–Crippen MR) is 101 cm³/mol. The van der Waals surface area contributed by atoms with Crippen LogP contribution in [0, 0.1) is 0 Å². The van der Waals surface area contributed by atoms with Gasteiger partial charge < -0.3 is 15.5 Å². The van der Waals surface area contributed by atoms with Gasteiger partial charge in [0.05, 0.1) is 6.26 Å². The molecule has 0 aromatic rings. The van der Waals surface area contributed by atoms with Crippen molar-refractivity contribution < 1.29 is 13.2 Å². The van der Waals surface area contributed by atoms with Crippen molar-refractivity contribution in [3.8, 4) is 0 Å². The van der Waals surface area contributed by atoms with Crippen LogP contribution < -0.4 is 10.6 Å². The topological polar surface area (TPSA) is 94.1 Å². The van der Waals surface area contributed by atoms with Crippen LogP contribution in [0.4, 0.5) is 0 Å². The van der Waals surface area contributed by atoms with Crippen molar-refractivity contribution in [3.05, 3.63) is 0 Å². The van der Waals surface area contributed by atoms with Gasteiger partial charge >= 0.3 is 0 Å². The SMILES string of the molecule is CCNC(=NCCCN(CC)S(C)(=O)=O)NC1CCN(C(=O)CC)C1. The van der Waals surface area contributed by atoms with E-state index in [1.165, 1.54) is 10.6 Å². The second kappa shape index (κ2) is 10.6. The molecule has 1 amide bonds. The first kappa shape index (κ1) is 21.7. The Bertz CT molecular complexity index is 550. The van der Waals surface area contributed by atoms with Crippen LogP contribution in [0.5, 0.6) is 0 Å². The number of hydrogen-bond donors (Lipinski definition) is 2. The summed E-state index contributed by atoms with van der Waals surface area (Å²) in [7, 11) is -3.15. The number of nitrogens with zero attached hydrogens (tertiary/aromatic N) is 3. The van der Waals surface area contributed by atoms with E-state index in [9.17, 15) is 13.2 Å². The quantitative estimate of drug-likeness (QED) is 0.342. The number of likely N-dealkylation sites (tertiary alicyclic amines) is 1. The summed E-state index contributed by atoms with van der Waals surface area (Å²) in [6.45, 7) is 9.45. The number of carbonyl (C=O) groups is 1. The van der Waals surface area contributed by atoms with Crippen molar-refractivity contribution in [2.75, 3.05) is 45.5 Å². The van der Waals surface area contributed by atoms with E-state index in [4.69, 9.17) is 0 Å². The van der Waals surface area contributed by atoms with Gasteiger partial charge in [0, 0.05) is 51.7 Å². The van der Waals surface area contributed by atoms with Gasteiger partial charge in [-0.1, -0.05) is 13.8 Å². The third kappa shape index (κ3) is 7.60. The number of amides is 1. The fourth-order valence-electron chi connectivity index (χ4n) is 2.84. The maximum absolute atomic E-state index is 11.8. The Balaban J connectivity index is 2.48. The molecule has 0 aromatic carbocycles. The second-order valence-electron chi connectivity index (χ2n) is 6.19. The minimum atomic E-state index is -3.15. The predicted octanol–water partition coefficient (Wildman–Crippen LogP) is 0.224. The van der Waals surface area contributed by atoms with Gasteiger partial charge in [0.1, 0.15) is 0 Å². The standard InChI is InChI=1S/C16H33N5O3S/c1-5-15(22)20-12-9-14(13-20)19-16(17-6-2)18-10-8-11-21(7-3)25(4,23)24/h14H,5-13H2,1-4H3,(H2,17,18,19). The summed E-state index contributed by atoms with van der Waals surface area (Å²) in [5.41, 5.74) is 0. The van der Waals surface area contributed by atoms with Gasteiger partial charge in [-0.25, -0.2) is 12.7 Å². The maximum atomic E-state index is 11.8. The fourth-order valence-corrected chi connectivity index (χ4v) is 3.77. The zero-order chi connectivity index (χ0) is 18.9. The largest absolute Gasteiger partial charge is 0.357 e. The maximum Gasteiger partial charge on any atom is 0.222 e. The molecule has 0 bridgehead atoms. The monoisotopic (exact) mass is 375 g/mol. The number of hydrogen-bond acceptors (Lipinski definition) is 4. The summed E-state index contributed by atoms with van der Waals surface area (Å²) >= 11 is 0. The molecule has 0 aliphatic carbocycles. The minimum Gasteiger partial charge on any atom is -0.357 e. The number of aliphatic imine (C=N–C) groups is 1. The fraction of sp³-hybridized carbons (Fsp3) is 0.875. The van der Waals surface area contributed by atoms with Gasteiger partial charge in [0.2, 0.25) is 15.9 Å². The highest BCUT2D eigenvalue weighted by Crippen LogP contribution is 2.10. The first-order valence-electron chi connectivity index (χ1n) is 9.09. The lowest BCUT2D eigenvalue weighted by atomic mass is 10.3. The van der Waals surface area contributed by atoms with E-state index in [0.717, 1.165) is 25.5 Å². The van der Waals surface area contributed by atoms with Crippen molar-refractivity contribution >= 4 is 21.9 Å². The second-order valence-corrected chi connectivity index (χ2v) is 8.17. The third-order valence-corrected chi connectivity index (χ3v) is 5.56. The first-order valence-corrected chi connectivity index (χ1v) is 10.9. The van der Waals surface area contributed by atoms with Crippen LogP contribution in [-0.4, -0.2) is 81.1 Å². The van der Waals surface area contributed by atoms with Gasteiger partial charge in [0.25, 0.3) is 0 Å². The molecule has 1 saturated heterocycles. The van der Waals surface area contributed by atoms with Gasteiger partial charge in [-0.2, -0.15) is 0 Å². The van der Waals surface area contributed by atoms with Crippen LogP contribution in [-0.2, 0) is 14.8 Å². The number of carbonyl (C=O) groups excluding carboxylic acids is 1. The Morgan fingerprint density at radius 1 is 1.32 bits per heavy atom. The Hall–Kier alpha value is -1.35. The number of guanidine groups is 1. The van der Waals surface area contributed by atoms with E-state index in [1.807, 2.05) is 25.7 Å². The van der Waals surface area contributed by atoms with Gasteiger partial charge in [-0.15, -0.1) is 0 Å². The Morgan fingerprint density at radius 2 is 2.04 bits per heavy atom. The molecule has 25 heavy (non-hydrogen) atoms. The van der Waals surface area contributed by atoms with Gasteiger partial charge in [-0.3, -0.25) is 9.79 Å². The molecular weight excluding hydrogens is 342 g/mol. The van der Waals surface area contributed by atoms with Crippen LogP contribution in [0.3, 0.4) is 0 Å². The number of nitrogens with one attached hydrogen (secondary N) is 2. The molecule has 146 valence electrons. The molecule has 1 fully saturated rings. The van der Waals surface area contributed by atoms with Crippen molar-refractivity contribution in [1.29, 1.82) is 0 Å². The molecule has 1 aliphatic rings. The van der Waals surface area contributed by atoms with Crippen molar-refractivity contribution in [1.82, 2.24) is 19.8 Å². The van der Waals surface area contributed by atoms with Gasteiger partial charge in [-0.05, 0) is 19.8 Å². The lowest BCUT2D eigenvalue weighted by Crippen LogP contribution is -2.45. The van der Waals surface area contributed by atoms with E-state index >= 15 is 0 Å². The molecule has 8 nitrogen and oxygen atoms in total. The summed E-state index contributed by atoms with van der Waals surface area (Å²) in [6.07, 6.45) is 3.35. The lowest BCUT2D eigenvalue weighted by molar-refractivity contribution is -0.129. The first-order chi connectivity index (χ1) is 11.8. The normalized spacial score (nSPS) is 18.7. The zero-order valence-electron chi connectivity index (χ0n) is 15.9. The zero-order valence-corrected chi connectivity index (χ0v) is 16.7. The molecule has 2 N–H and O–H groups in total. The highest BCUT2D eigenvalue weighted by molar-refractivity contribution is 7.88. The van der Waals surface area contributed by atoms with Crippen molar-refractivity contribution in [2.24, 2.45) is 4.99 Å². The molecule has 1 unspecified atom stereocenters. The van der Waals surface area contributed by atoms with Crippen LogP contribution in [0.15, 0.2) is 4.99 Å². The highest BCUT2D eigenvalue weighted by atomic mass is 32.2. The molecule has 9 heteroatoms. The molecule has 0 spiro atoms. The summed E-state index contributed by atoms with van der Waals surface area (Å²) in [6, 6.07) is 0.205. The molecule has 1 aliphatic heterocycles. The molecule has 0 saturated carbocycles. The highest BCUT2D eigenvalue weighted by Gasteiger charge is 2.25.